The summed E-state index contributed by atoms with van der Waals surface area (Å²) in [5, 5.41) is 0. The number of nitrogens with one attached hydrogen (secondary N) is 1. The SMILES string of the molecule is CC(=O)N1CC(C)(C)Oc2ccc(S(=O)(=O)Nc3c(C)cc(C)cc3C)cc21. The molecular formula is C21H26N2O4S. The van der Waals surface area contributed by atoms with E-state index in [1.165, 1.54) is 19.1 Å². The molecule has 6 nitrogen and oxygen atoms in total. The van der Waals surface area contributed by atoms with Crippen LogP contribution in [0.15, 0.2) is 35.2 Å². The van der Waals surface area contributed by atoms with E-state index < -0.39 is 15.6 Å². The Balaban J connectivity index is 2.03. The summed E-state index contributed by atoms with van der Waals surface area (Å²) in [5.74, 6) is 0.332. The van der Waals surface area contributed by atoms with E-state index in [1.807, 2.05) is 46.8 Å². The van der Waals surface area contributed by atoms with E-state index in [9.17, 15) is 13.2 Å². The molecule has 1 aliphatic heterocycles. The molecule has 1 heterocycles. The smallest absolute Gasteiger partial charge is 0.261 e. The van der Waals surface area contributed by atoms with Crippen molar-refractivity contribution in [2.45, 2.75) is 52.0 Å². The highest BCUT2D eigenvalue weighted by atomic mass is 32.2. The number of anilines is 2. The number of fused-ring (bicyclic) bond motifs is 1. The van der Waals surface area contributed by atoms with Crippen molar-refractivity contribution in [2.75, 3.05) is 16.2 Å². The average Bonchev–Trinajstić information content (AvgIpc) is 2.56. The van der Waals surface area contributed by atoms with Gasteiger partial charge in [-0.15, -0.1) is 0 Å². The number of aryl methyl sites for hydroxylation is 3. The minimum atomic E-state index is -3.83. The normalized spacial score (nSPS) is 15.6. The van der Waals surface area contributed by atoms with E-state index in [1.54, 1.807) is 11.0 Å². The molecule has 3 rings (SSSR count). The van der Waals surface area contributed by atoms with Crippen LogP contribution in [0, 0.1) is 20.8 Å². The zero-order valence-corrected chi connectivity index (χ0v) is 17.9. The second-order valence-electron chi connectivity index (χ2n) is 7.98. The van der Waals surface area contributed by atoms with Gasteiger partial charge >= 0.3 is 0 Å². The Morgan fingerprint density at radius 2 is 1.71 bits per heavy atom. The minimum Gasteiger partial charge on any atom is -0.484 e. The highest BCUT2D eigenvalue weighted by Gasteiger charge is 2.34. The van der Waals surface area contributed by atoms with Gasteiger partial charge in [0.05, 0.1) is 22.8 Å². The van der Waals surface area contributed by atoms with Crippen LogP contribution < -0.4 is 14.4 Å². The van der Waals surface area contributed by atoms with Crippen molar-refractivity contribution in [3.8, 4) is 5.75 Å². The van der Waals surface area contributed by atoms with Crippen molar-refractivity contribution in [3.63, 3.8) is 0 Å². The van der Waals surface area contributed by atoms with Crippen LogP contribution >= 0.6 is 0 Å². The molecule has 28 heavy (non-hydrogen) atoms. The number of ether oxygens (including phenoxy) is 1. The molecule has 0 atom stereocenters. The Labute approximate surface area is 166 Å². The third kappa shape index (κ3) is 3.85. The molecule has 0 unspecified atom stereocenters. The van der Waals surface area contributed by atoms with Gasteiger partial charge in [-0.1, -0.05) is 17.7 Å². The van der Waals surface area contributed by atoms with Crippen molar-refractivity contribution < 1.29 is 17.9 Å². The number of rotatable bonds is 3. The molecule has 7 heteroatoms. The molecule has 1 N–H and O–H groups in total. The second kappa shape index (κ2) is 6.81. The van der Waals surface area contributed by atoms with E-state index in [0.717, 1.165) is 16.7 Å². The predicted molar refractivity (Wildman–Crippen MR) is 111 cm³/mol. The molecule has 0 saturated carbocycles. The quantitative estimate of drug-likeness (QED) is 0.844. The van der Waals surface area contributed by atoms with Crippen LogP contribution in [0.1, 0.15) is 37.5 Å². The number of nitrogens with zero attached hydrogens (tertiary/aromatic N) is 1. The van der Waals surface area contributed by atoms with Crippen molar-refractivity contribution in [1.82, 2.24) is 0 Å². The Hall–Kier alpha value is -2.54. The van der Waals surface area contributed by atoms with Crippen molar-refractivity contribution in [1.29, 1.82) is 0 Å². The lowest BCUT2D eigenvalue weighted by molar-refractivity contribution is -0.117. The molecular weight excluding hydrogens is 376 g/mol. The number of amides is 1. The third-order valence-electron chi connectivity index (χ3n) is 4.75. The maximum absolute atomic E-state index is 13.0. The fraction of sp³-hybridized carbons (Fsp3) is 0.381. The molecule has 0 bridgehead atoms. The summed E-state index contributed by atoms with van der Waals surface area (Å²) in [6, 6.07) is 8.47. The van der Waals surface area contributed by atoms with E-state index in [2.05, 4.69) is 4.72 Å². The molecule has 2 aromatic carbocycles. The number of carbonyl (C=O) groups is 1. The van der Waals surface area contributed by atoms with Crippen LogP contribution in [0.25, 0.3) is 0 Å². The lowest BCUT2D eigenvalue weighted by atomic mass is 10.1. The zero-order chi connectivity index (χ0) is 20.9. The van der Waals surface area contributed by atoms with E-state index in [-0.39, 0.29) is 10.8 Å². The summed E-state index contributed by atoms with van der Waals surface area (Å²) in [6.07, 6.45) is 0. The van der Waals surface area contributed by atoms with Gasteiger partial charge < -0.3 is 9.64 Å². The first-order valence-corrected chi connectivity index (χ1v) is 10.6. The number of hydrogen-bond acceptors (Lipinski definition) is 4. The Morgan fingerprint density at radius 1 is 1.11 bits per heavy atom. The third-order valence-corrected chi connectivity index (χ3v) is 6.10. The first-order valence-electron chi connectivity index (χ1n) is 9.11. The van der Waals surface area contributed by atoms with Gasteiger partial charge in [-0.25, -0.2) is 8.42 Å². The number of benzene rings is 2. The number of sulfonamides is 1. The van der Waals surface area contributed by atoms with Gasteiger partial charge in [-0.05, 0) is 63.9 Å². The largest absolute Gasteiger partial charge is 0.484 e. The van der Waals surface area contributed by atoms with Gasteiger partial charge in [0.15, 0.2) is 0 Å². The van der Waals surface area contributed by atoms with Gasteiger partial charge in [0, 0.05) is 6.92 Å². The van der Waals surface area contributed by atoms with Crippen LogP contribution in [0.5, 0.6) is 5.75 Å². The molecule has 0 saturated heterocycles. The van der Waals surface area contributed by atoms with Gasteiger partial charge in [0.2, 0.25) is 5.91 Å². The highest BCUT2D eigenvalue weighted by Crippen LogP contribution is 2.39. The average molecular weight is 403 g/mol. The highest BCUT2D eigenvalue weighted by molar-refractivity contribution is 7.92. The van der Waals surface area contributed by atoms with Crippen molar-refractivity contribution in [3.05, 3.63) is 47.0 Å². The summed E-state index contributed by atoms with van der Waals surface area (Å²) in [6.45, 7) is 11.3. The van der Waals surface area contributed by atoms with Gasteiger partial charge in [0.1, 0.15) is 11.4 Å². The molecule has 150 valence electrons. The van der Waals surface area contributed by atoms with E-state index in [0.29, 0.717) is 23.7 Å². The Kier molecular flexibility index (Phi) is 4.91. The summed E-state index contributed by atoms with van der Waals surface area (Å²) >= 11 is 0. The summed E-state index contributed by atoms with van der Waals surface area (Å²) in [7, 11) is -3.83. The Bertz CT molecular complexity index is 1040. The van der Waals surface area contributed by atoms with Gasteiger partial charge in [0.25, 0.3) is 10.0 Å². The topological polar surface area (TPSA) is 75.7 Å². The maximum atomic E-state index is 13.0. The van der Waals surface area contributed by atoms with Crippen molar-refractivity contribution in [2.24, 2.45) is 0 Å². The summed E-state index contributed by atoms with van der Waals surface area (Å²) < 4.78 is 34.7. The fourth-order valence-electron chi connectivity index (χ4n) is 3.57. The fourth-order valence-corrected chi connectivity index (χ4v) is 4.80. The molecule has 2 aromatic rings. The first-order chi connectivity index (χ1) is 12.9. The number of hydrogen-bond donors (Lipinski definition) is 1. The van der Waals surface area contributed by atoms with Crippen LogP contribution in [0.3, 0.4) is 0 Å². The number of carbonyl (C=O) groups excluding carboxylic acids is 1. The molecule has 0 aromatic heterocycles. The van der Waals surface area contributed by atoms with Crippen LogP contribution in [0.2, 0.25) is 0 Å². The second-order valence-corrected chi connectivity index (χ2v) is 9.66. The van der Waals surface area contributed by atoms with Crippen LogP contribution in [-0.4, -0.2) is 26.5 Å². The molecule has 0 radical (unpaired) electrons. The first kappa shape index (κ1) is 20.2. The maximum Gasteiger partial charge on any atom is 0.261 e. The van der Waals surface area contributed by atoms with Gasteiger partial charge in [-0.2, -0.15) is 0 Å². The standard InChI is InChI=1S/C21H26N2O4S/c1-13-9-14(2)20(15(3)10-13)22-28(25,26)17-7-8-19-18(11-17)23(16(4)24)12-21(5,6)27-19/h7-11,22H,12H2,1-6H3. The monoisotopic (exact) mass is 402 g/mol. The molecule has 0 spiro atoms. The zero-order valence-electron chi connectivity index (χ0n) is 17.1. The molecule has 1 aliphatic rings. The van der Waals surface area contributed by atoms with Crippen LogP contribution in [-0.2, 0) is 14.8 Å². The summed E-state index contributed by atoms with van der Waals surface area (Å²) in [4.78, 5) is 13.8. The minimum absolute atomic E-state index is 0.0835. The lowest BCUT2D eigenvalue weighted by Crippen LogP contribution is -2.48. The van der Waals surface area contributed by atoms with E-state index >= 15 is 0 Å². The van der Waals surface area contributed by atoms with Crippen LogP contribution in [0.4, 0.5) is 11.4 Å². The predicted octanol–water partition coefficient (Wildman–Crippen LogP) is 3.94. The summed E-state index contributed by atoms with van der Waals surface area (Å²) in [5.41, 5.74) is 3.27. The molecule has 0 aliphatic carbocycles. The molecule has 1 amide bonds. The van der Waals surface area contributed by atoms with E-state index in [4.69, 9.17) is 4.74 Å². The molecule has 0 fully saturated rings. The van der Waals surface area contributed by atoms with Gasteiger partial charge in [-0.3, -0.25) is 9.52 Å². The lowest BCUT2D eigenvalue weighted by Gasteiger charge is -2.39. The van der Waals surface area contributed by atoms with Crippen molar-refractivity contribution >= 4 is 27.3 Å². The Morgan fingerprint density at radius 3 is 2.29 bits per heavy atom.